The summed E-state index contributed by atoms with van der Waals surface area (Å²) < 4.78 is 10.8. The van der Waals surface area contributed by atoms with Crippen LogP contribution in [0.1, 0.15) is 43.8 Å². The van der Waals surface area contributed by atoms with Crippen LogP contribution in [-0.2, 0) is 13.1 Å². The maximum absolute atomic E-state index is 5.41. The second kappa shape index (κ2) is 9.02. The van der Waals surface area contributed by atoms with E-state index in [4.69, 9.17) is 9.05 Å². The zero-order valence-corrected chi connectivity index (χ0v) is 15.9. The van der Waals surface area contributed by atoms with Crippen molar-refractivity contribution in [3.8, 4) is 11.3 Å². The number of aromatic nitrogens is 2. The lowest BCUT2D eigenvalue weighted by molar-refractivity contribution is 0.372. The van der Waals surface area contributed by atoms with Crippen LogP contribution in [0.3, 0.4) is 0 Å². The number of aliphatic imine (C=N–C) groups is 1. The van der Waals surface area contributed by atoms with Gasteiger partial charge in [-0.2, -0.15) is 0 Å². The highest BCUT2D eigenvalue weighted by molar-refractivity contribution is 5.79. The first-order valence-corrected chi connectivity index (χ1v) is 9.14. The molecule has 0 aliphatic heterocycles. The van der Waals surface area contributed by atoms with Gasteiger partial charge in [0.15, 0.2) is 17.5 Å². The molecule has 0 aliphatic carbocycles. The van der Waals surface area contributed by atoms with Crippen molar-refractivity contribution < 1.29 is 9.05 Å². The molecule has 2 heterocycles. The Labute approximate surface area is 158 Å². The van der Waals surface area contributed by atoms with Gasteiger partial charge in [-0.05, 0) is 12.8 Å². The summed E-state index contributed by atoms with van der Waals surface area (Å²) in [6.07, 6.45) is 0. The lowest BCUT2D eigenvalue weighted by Crippen LogP contribution is -2.36. The fraction of sp³-hybridized carbons (Fsp3) is 0.350. The third kappa shape index (κ3) is 5.20. The Bertz CT molecular complexity index is 867. The van der Waals surface area contributed by atoms with Crippen LogP contribution >= 0.6 is 0 Å². The van der Waals surface area contributed by atoms with E-state index in [1.807, 2.05) is 49.4 Å². The lowest BCUT2D eigenvalue weighted by Gasteiger charge is -2.09. The molecule has 0 spiro atoms. The highest BCUT2D eigenvalue weighted by atomic mass is 16.5. The average Bonchev–Trinajstić information content (AvgIpc) is 3.34. The van der Waals surface area contributed by atoms with Crippen LogP contribution in [0.15, 0.2) is 56.5 Å². The standard InChI is InChI=1S/C20H25N5O2/c1-4-21-20(23-13-17-11-18(14(2)3)25-26-17)22-12-16-10-19(27-24-16)15-8-6-5-7-9-15/h5-11,14H,4,12-13H2,1-3H3,(H2,21,22,23). The van der Waals surface area contributed by atoms with Crippen molar-refractivity contribution in [2.75, 3.05) is 6.54 Å². The van der Waals surface area contributed by atoms with Crippen LogP contribution in [-0.4, -0.2) is 22.8 Å². The minimum Gasteiger partial charge on any atom is -0.359 e. The molecular weight excluding hydrogens is 342 g/mol. The van der Waals surface area contributed by atoms with Crippen molar-refractivity contribution in [2.24, 2.45) is 4.99 Å². The molecule has 1 aromatic carbocycles. The second-order valence-electron chi connectivity index (χ2n) is 6.47. The molecule has 2 N–H and O–H groups in total. The van der Waals surface area contributed by atoms with Gasteiger partial charge in [0, 0.05) is 24.2 Å². The maximum atomic E-state index is 5.41. The Morgan fingerprint density at radius 2 is 1.89 bits per heavy atom. The highest BCUT2D eigenvalue weighted by Gasteiger charge is 2.09. The third-order valence-corrected chi connectivity index (χ3v) is 3.96. The monoisotopic (exact) mass is 367 g/mol. The summed E-state index contributed by atoms with van der Waals surface area (Å²) in [7, 11) is 0. The summed E-state index contributed by atoms with van der Waals surface area (Å²) in [5.41, 5.74) is 2.72. The molecule has 7 nitrogen and oxygen atoms in total. The smallest absolute Gasteiger partial charge is 0.192 e. The van der Waals surface area contributed by atoms with Gasteiger partial charge in [0.05, 0.1) is 18.8 Å². The zero-order chi connectivity index (χ0) is 19.1. The lowest BCUT2D eigenvalue weighted by atomic mass is 10.1. The first kappa shape index (κ1) is 18.7. The molecule has 7 heteroatoms. The van der Waals surface area contributed by atoms with Crippen molar-refractivity contribution in [3.63, 3.8) is 0 Å². The summed E-state index contributed by atoms with van der Waals surface area (Å²) in [6, 6.07) is 13.8. The molecule has 0 bridgehead atoms. The number of benzene rings is 1. The Hall–Kier alpha value is -3.09. The SMILES string of the molecule is CCNC(=NCc1cc(-c2ccccc2)on1)NCc1cc(C(C)C)no1. The fourth-order valence-corrected chi connectivity index (χ4v) is 2.48. The largest absolute Gasteiger partial charge is 0.359 e. The summed E-state index contributed by atoms with van der Waals surface area (Å²) in [5, 5.41) is 14.6. The fourth-order valence-electron chi connectivity index (χ4n) is 2.48. The summed E-state index contributed by atoms with van der Waals surface area (Å²) in [4.78, 5) is 4.56. The van der Waals surface area contributed by atoms with E-state index in [9.17, 15) is 0 Å². The Kier molecular flexibility index (Phi) is 6.25. The zero-order valence-electron chi connectivity index (χ0n) is 15.9. The number of nitrogens with one attached hydrogen (secondary N) is 2. The van der Waals surface area contributed by atoms with E-state index in [-0.39, 0.29) is 0 Å². The normalized spacial score (nSPS) is 11.8. The summed E-state index contributed by atoms with van der Waals surface area (Å²) >= 11 is 0. The number of nitrogens with zero attached hydrogens (tertiary/aromatic N) is 3. The van der Waals surface area contributed by atoms with Gasteiger partial charge in [-0.15, -0.1) is 0 Å². The Balaban J connectivity index is 1.61. The molecule has 3 aromatic rings. The average molecular weight is 367 g/mol. The molecule has 27 heavy (non-hydrogen) atoms. The number of rotatable bonds is 7. The number of guanidine groups is 1. The van der Waals surface area contributed by atoms with Crippen molar-refractivity contribution in [1.82, 2.24) is 20.9 Å². The van der Waals surface area contributed by atoms with Gasteiger partial charge in [0.1, 0.15) is 5.69 Å². The van der Waals surface area contributed by atoms with Crippen molar-refractivity contribution in [1.29, 1.82) is 0 Å². The maximum Gasteiger partial charge on any atom is 0.192 e. The van der Waals surface area contributed by atoms with Gasteiger partial charge in [-0.3, -0.25) is 0 Å². The predicted molar refractivity (Wildman–Crippen MR) is 104 cm³/mol. The van der Waals surface area contributed by atoms with Gasteiger partial charge >= 0.3 is 0 Å². The van der Waals surface area contributed by atoms with Gasteiger partial charge in [0.25, 0.3) is 0 Å². The molecule has 142 valence electrons. The van der Waals surface area contributed by atoms with Crippen molar-refractivity contribution in [2.45, 2.75) is 39.8 Å². The van der Waals surface area contributed by atoms with Gasteiger partial charge in [-0.25, -0.2) is 4.99 Å². The molecule has 0 unspecified atom stereocenters. The second-order valence-corrected chi connectivity index (χ2v) is 6.47. The molecule has 0 saturated heterocycles. The summed E-state index contributed by atoms with van der Waals surface area (Å²) in [5.74, 6) is 2.54. The van der Waals surface area contributed by atoms with Crippen LogP contribution in [0.25, 0.3) is 11.3 Å². The molecule has 0 saturated carbocycles. The van der Waals surface area contributed by atoms with Crippen LogP contribution < -0.4 is 10.6 Å². The molecule has 0 atom stereocenters. The van der Waals surface area contributed by atoms with E-state index in [2.05, 4.69) is 39.8 Å². The van der Waals surface area contributed by atoms with Crippen molar-refractivity contribution >= 4 is 5.96 Å². The van der Waals surface area contributed by atoms with Crippen molar-refractivity contribution in [3.05, 3.63) is 59.6 Å². The molecule has 0 fully saturated rings. The molecular formula is C20H25N5O2. The first-order chi connectivity index (χ1) is 13.2. The number of hydrogen-bond acceptors (Lipinski definition) is 5. The van der Waals surface area contributed by atoms with Crippen LogP contribution in [0, 0.1) is 0 Å². The van der Waals surface area contributed by atoms with E-state index in [0.717, 1.165) is 35.0 Å². The van der Waals surface area contributed by atoms with E-state index in [1.54, 1.807) is 0 Å². The highest BCUT2D eigenvalue weighted by Crippen LogP contribution is 2.20. The third-order valence-electron chi connectivity index (χ3n) is 3.96. The first-order valence-electron chi connectivity index (χ1n) is 9.14. The van der Waals surface area contributed by atoms with Gasteiger partial charge < -0.3 is 19.7 Å². The van der Waals surface area contributed by atoms with E-state index in [0.29, 0.717) is 25.0 Å². The van der Waals surface area contributed by atoms with Crippen LogP contribution in [0.4, 0.5) is 0 Å². The van der Waals surface area contributed by atoms with Gasteiger partial charge in [0.2, 0.25) is 0 Å². The Morgan fingerprint density at radius 1 is 1.07 bits per heavy atom. The molecule has 0 radical (unpaired) electrons. The molecule has 3 rings (SSSR count). The van der Waals surface area contributed by atoms with Crippen LogP contribution in [0.2, 0.25) is 0 Å². The minimum absolute atomic E-state index is 0.343. The van der Waals surface area contributed by atoms with E-state index < -0.39 is 0 Å². The summed E-state index contributed by atoms with van der Waals surface area (Å²) in [6.45, 7) is 7.88. The molecule has 0 aliphatic rings. The minimum atomic E-state index is 0.343. The predicted octanol–water partition coefficient (Wildman–Crippen LogP) is 3.71. The van der Waals surface area contributed by atoms with Gasteiger partial charge in [-0.1, -0.05) is 54.5 Å². The van der Waals surface area contributed by atoms with E-state index >= 15 is 0 Å². The Morgan fingerprint density at radius 3 is 2.59 bits per heavy atom. The topological polar surface area (TPSA) is 88.5 Å². The van der Waals surface area contributed by atoms with E-state index in [1.165, 1.54) is 0 Å². The molecule has 2 aromatic heterocycles. The number of hydrogen-bond donors (Lipinski definition) is 2. The molecule has 0 amide bonds. The quantitative estimate of drug-likeness (QED) is 0.489. The van der Waals surface area contributed by atoms with Crippen LogP contribution in [0.5, 0.6) is 0 Å².